The minimum absolute atomic E-state index is 0.0232. The van der Waals surface area contributed by atoms with Crippen LogP contribution in [0.15, 0.2) is 0 Å². The molecule has 0 amide bonds. The summed E-state index contributed by atoms with van der Waals surface area (Å²) in [6.45, 7) is 50.9. The van der Waals surface area contributed by atoms with E-state index < -0.39 is 134 Å². The van der Waals surface area contributed by atoms with Gasteiger partial charge in [-0.25, -0.2) is 14.4 Å². The molecule has 630 valence electrons. The monoisotopic (exact) mass is 1770 g/mol. The van der Waals surface area contributed by atoms with Gasteiger partial charge in [0.25, 0.3) is 0 Å². The van der Waals surface area contributed by atoms with E-state index in [2.05, 4.69) is 20.7 Å². The Labute approximate surface area is 625 Å². The standard InChI is InChI=1S/C15H29O7P.C13H25O7P.C7H14O3.C6H11BrO2.4C3H9OP.C2H7O2P.3CH5O3P/c1-6-8-10-19-14(16)12(3)21-23(5,18)22-13(4)15(17)20-11-9-7-2;1-6-17-12(14)10(3)8-19-21(5,16)20-9-11(4)13(15)18-7-2;1-3-4-5-10-7(9)6(2)8;1-3-9-6(8)5(2)4-7;8*1-5(2,3)4/h12-13H,6-11H2,1-5H3;10-11H,6-9H2,1-5H3;6,8H,3-5H2,1-2H3;5H,3-4H2,1-2H3;4*1-3H3;1-2H3,(H,3,4);3*1H3,(H2,2,3,4). The normalized spacial score (nSPS) is 13.9. The number of carbonyl (C=O) groups is 6. The number of esters is 6. The van der Waals surface area contributed by atoms with Crippen LogP contribution in [-0.4, -0.2) is 278 Å². The summed E-state index contributed by atoms with van der Waals surface area (Å²) in [7, 11) is -27.0. The zero-order chi connectivity index (χ0) is 85.6. The molecule has 45 heteroatoms. The molecule has 0 heterocycles. The van der Waals surface area contributed by atoms with Crippen LogP contribution >= 0.6 is 89.8 Å². The van der Waals surface area contributed by atoms with Crippen LogP contribution in [0.1, 0.15) is 122 Å². The Kier molecular flexibility index (Phi) is 87.7. The molecule has 0 radical (unpaired) electrons. The highest BCUT2D eigenvalue weighted by atomic mass is 79.9. The lowest BCUT2D eigenvalue weighted by molar-refractivity contribution is -0.154. The first-order chi connectivity index (χ1) is 45.4. The Hall–Kier alpha value is -0.880. The lowest BCUT2D eigenvalue weighted by Crippen LogP contribution is -2.26. The number of halogens is 1. The van der Waals surface area contributed by atoms with Gasteiger partial charge in [-0.2, -0.15) is 0 Å². The highest BCUT2D eigenvalue weighted by molar-refractivity contribution is 9.09. The van der Waals surface area contributed by atoms with E-state index in [1.165, 1.54) is 47.4 Å². The summed E-state index contributed by atoms with van der Waals surface area (Å²) < 4.78 is 152. The molecule has 0 aliphatic rings. The molecule has 0 rings (SSSR count). The van der Waals surface area contributed by atoms with Crippen LogP contribution in [0.25, 0.3) is 0 Å². The summed E-state index contributed by atoms with van der Waals surface area (Å²) in [5.74, 6) is -3.82. The van der Waals surface area contributed by atoms with Crippen LogP contribution in [0.3, 0.4) is 0 Å². The minimum Gasteiger partial charge on any atom is -0.466 e. The zero-order valence-electron chi connectivity index (χ0n) is 67.1. The predicted molar refractivity (Wildman–Crippen MR) is 418 cm³/mol. The van der Waals surface area contributed by atoms with Crippen LogP contribution in [0.4, 0.5) is 0 Å². The molecule has 0 spiro atoms. The summed E-state index contributed by atoms with van der Waals surface area (Å²) in [6, 6.07) is 0. The van der Waals surface area contributed by atoms with Crippen molar-refractivity contribution in [1.29, 1.82) is 0 Å². The fourth-order valence-electron chi connectivity index (χ4n) is 3.58. The molecular weight excluding hydrogens is 1630 g/mol. The minimum atomic E-state index is -3.64. The molecule has 0 bridgehead atoms. The molecule has 8 N–H and O–H groups in total. The van der Waals surface area contributed by atoms with Gasteiger partial charge in [0.05, 0.1) is 99.2 Å². The van der Waals surface area contributed by atoms with Crippen molar-refractivity contribution in [2.24, 2.45) is 17.8 Å². The Bertz CT molecular complexity index is 2320. The van der Waals surface area contributed by atoms with Gasteiger partial charge in [-0.05, 0) is 155 Å². The Morgan fingerprint density at radius 1 is 0.330 bits per heavy atom. The van der Waals surface area contributed by atoms with E-state index in [-0.39, 0.29) is 51.5 Å². The van der Waals surface area contributed by atoms with Crippen LogP contribution in [-0.2, 0) is 121 Å². The fourth-order valence-corrected chi connectivity index (χ4v) is 6.27. The van der Waals surface area contributed by atoms with Gasteiger partial charge in [0.2, 0.25) is 0 Å². The third-order valence-corrected chi connectivity index (χ3v) is 11.0. The molecule has 0 aromatic carbocycles. The van der Waals surface area contributed by atoms with Crippen LogP contribution < -0.4 is 0 Å². The van der Waals surface area contributed by atoms with Crippen molar-refractivity contribution in [2.75, 3.05) is 185 Å². The number of hydrogen-bond acceptors (Lipinski definition) is 27. The fraction of sp³-hybridized carbons (Fsp3) is 0.897. The molecule has 6 atom stereocenters. The first-order valence-corrected chi connectivity index (χ1v) is 57.9. The van der Waals surface area contributed by atoms with Crippen molar-refractivity contribution in [1.82, 2.24) is 0 Å². The predicted octanol–water partition coefficient (Wildman–Crippen LogP) is 12.7. The molecule has 34 nitrogen and oxygen atoms in total. The second-order valence-electron chi connectivity index (χ2n) is 25.3. The third kappa shape index (κ3) is 196. The van der Waals surface area contributed by atoms with Crippen molar-refractivity contribution in [3.63, 3.8) is 0 Å². The molecule has 0 aromatic heterocycles. The van der Waals surface area contributed by atoms with E-state index in [1.54, 1.807) is 115 Å². The van der Waals surface area contributed by atoms with Crippen LogP contribution in [0.5, 0.6) is 0 Å². The SMILES string of the molecule is CCCCOC(=O)C(C)O.CCCCOC(=O)C(C)OP(C)(=O)OC(C)C(=O)OCCCC.CCOC(=O)C(C)CBr.CCOC(=O)C(C)COP(C)(=O)OCC(C)C(=O)OCC.CP(=O)(O)O.CP(=O)(O)O.CP(=O)(O)O.CP(C)(=O)O.CP(C)(C)=O.CP(C)(C)=O.CP(C)(C)=O.CP(C)(C)=O. The van der Waals surface area contributed by atoms with Gasteiger partial charge in [0, 0.05) is 52.0 Å². The average Bonchev–Trinajstić information content (AvgIpc) is 0.878. The van der Waals surface area contributed by atoms with E-state index in [4.69, 9.17) is 81.1 Å². The Morgan fingerprint density at radius 3 is 0.680 bits per heavy atom. The number of unbranched alkanes of at least 4 members (excludes halogenated alkanes) is 3. The molecule has 6 unspecified atom stereocenters. The first-order valence-electron chi connectivity index (χ1n) is 31.9. The lowest BCUT2D eigenvalue weighted by Gasteiger charge is -2.21. The highest BCUT2D eigenvalue weighted by Crippen LogP contribution is 2.47. The molecule has 0 aliphatic heterocycles. The van der Waals surface area contributed by atoms with Gasteiger partial charge >= 0.3 is 73.8 Å². The quantitative estimate of drug-likeness (QED) is 0.0113. The van der Waals surface area contributed by atoms with Crippen LogP contribution in [0.2, 0.25) is 0 Å². The molecule has 103 heavy (non-hydrogen) atoms. The van der Waals surface area contributed by atoms with E-state index in [1.807, 2.05) is 27.7 Å². The smallest absolute Gasteiger partial charge is 0.335 e. The number of aliphatic hydroxyl groups is 1. The van der Waals surface area contributed by atoms with E-state index in [0.29, 0.717) is 18.5 Å². The lowest BCUT2D eigenvalue weighted by atomic mass is 10.2. The van der Waals surface area contributed by atoms with Gasteiger partial charge in [0.1, 0.15) is 6.10 Å². The number of alkyl halides is 1. The number of aliphatic hydroxyl groups excluding tert-OH is 1. The topological polar surface area (TPSA) is 527 Å². The highest BCUT2D eigenvalue weighted by Gasteiger charge is 2.31. The van der Waals surface area contributed by atoms with Gasteiger partial charge in [-0.1, -0.05) is 62.9 Å². The van der Waals surface area contributed by atoms with Crippen LogP contribution in [0, 0.1) is 17.8 Å². The second kappa shape index (κ2) is 70.3. The first kappa shape index (κ1) is 129. The van der Waals surface area contributed by atoms with E-state index in [9.17, 15) is 74.4 Å². The van der Waals surface area contributed by atoms with E-state index >= 15 is 0 Å². The maximum atomic E-state index is 12.2. The Morgan fingerprint density at radius 2 is 0.515 bits per heavy atom. The summed E-state index contributed by atoms with van der Waals surface area (Å²) in [5, 5.41) is 9.32. The summed E-state index contributed by atoms with van der Waals surface area (Å²) in [4.78, 5) is 121. The summed E-state index contributed by atoms with van der Waals surface area (Å²) >= 11 is 3.18. The summed E-state index contributed by atoms with van der Waals surface area (Å²) in [5.41, 5.74) is 0. The number of rotatable bonds is 29. The summed E-state index contributed by atoms with van der Waals surface area (Å²) in [6.07, 6.45) is 2.09. The van der Waals surface area contributed by atoms with Crippen molar-refractivity contribution in [3.8, 4) is 0 Å². The molecule has 0 aromatic rings. The molecule has 0 saturated heterocycles. The maximum absolute atomic E-state index is 12.2. The molecule has 0 aliphatic carbocycles. The zero-order valence-corrected chi connectivity index (χ0v) is 77.6. The van der Waals surface area contributed by atoms with Gasteiger partial charge in [-0.15, -0.1) is 0 Å². The Balaban J connectivity index is -0.0000000935. The number of carbonyl (C=O) groups excluding carboxylic acids is 6. The van der Waals surface area contributed by atoms with Crippen molar-refractivity contribution < 1.29 is 160 Å². The van der Waals surface area contributed by atoms with Crippen molar-refractivity contribution in [2.45, 2.75) is 140 Å². The third-order valence-electron chi connectivity index (χ3n) is 7.35. The van der Waals surface area contributed by atoms with Gasteiger partial charge < -0.3 is 95.1 Å². The van der Waals surface area contributed by atoms with Gasteiger partial charge in [-0.3, -0.25) is 50.8 Å². The number of ether oxygens (including phenoxy) is 6. The maximum Gasteiger partial charge on any atom is 0.335 e. The van der Waals surface area contributed by atoms with Gasteiger partial charge in [0.15, 0.2) is 19.6 Å². The second-order valence-corrected chi connectivity index (χ2v) is 52.7. The van der Waals surface area contributed by atoms with Crippen molar-refractivity contribution >= 4 is 126 Å². The molecule has 0 saturated carbocycles. The average molecular weight is 1770 g/mol. The largest absolute Gasteiger partial charge is 0.466 e. The molecule has 0 fully saturated rings. The molecular formula is C58H137BrO34P10. The van der Waals surface area contributed by atoms with E-state index in [0.717, 1.165) is 58.5 Å². The number of hydrogen-bond donors (Lipinski definition) is 8. The van der Waals surface area contributed by atoms with Crippen molar-refractivity contribution in [3.05, 3.63) is 0 Å².